The van der Waals surface area contributed by atoms with Crippen molar-refractivity contribution in [3.05, 3.63) is 16.0 Å². The molecule has 3 rings (SSSR count). The molecular weight excluding hydrogens is 452 g/mol. The number of carbonyl (C=O) groups is 2. The average Bonchev–Trinajstić information content (AvgIpc) is 3.17. The van der Waals surface area contributed by atoms with E-state index in [4.69, 9.17) is 9.47 Å². The molecule has 1 saturated carbocycles. The summed E-state index contributed by atoms with van der Waals surface area (Å²) in [6.45, 7) is 2.71. The third-order valence-corrected chi connectivity index (χ3v) is 9.60. The first-order chi connectivity index (χ1) is 15.3. The van der Waals surface area contributed by atoms with E-state index in [1.165, 1.54) is 46.3 Å². The highest BCUT2D eigenvalue weighted by Gasteiger charge is 2.35. The monoisotopic (exact) mass is 486 g/mol. The lowest BCUT2D eigenvalue weighted by molar-refractivity contribution is -0.132. The van der Waals surface area contributed by atoms with Crippen LogP contribution in [0.5, 0.6) is 0 Å². The van der Waals surface area contributed by atoms with E-state index in [1.807, 2.05) is 0 Å². The molecule has 8 nitrogen and oxygen atoms in total. The van der Waals surface area contributed by atoms with Gasteiger partial charge in [0.2, 0.25) is 5.91 Å². The molecule has 10 heteroatoms. The Morgan fingerprint density at radius 1 is 1.22 bits per heavy atom. The van der Waals surface area contributed by atoms with Crippen molar-refractivity contribution in [3.63, 3.8) is 0 Å². The van der Waals surface area contributed by atoms with Crippen molar-refractivity contribution in [2.75, 3.05) is 27.4 Å². The van der Waals surface area contributed by atoms with Gasteiger partial charge in [0.15, 0.2) is 0 Å². The Hall–Kier alpha value is -1.49. The van der Waals surface area contributed by atoms with Gasteiger partial charge in [-0.05, 0) is 31.2 Å². The van der Waals surface area contributed by atoms with Gasteiger partial charge in [0.25, 0.3) is 10.0 Å². The predicted molar refractivity (Wildman–Crippen MR) is 122 cm³/mol. The molecule has 1 fully saturated rings. The number of hydrogen-bond donors (Lipinski definition) is 1. The second-order valence-corrected chi connectivity index (χ2v) is 11.8. The number of sulfonamides is 1. The van der Waals surface area contributed by atoms with Crippen LogP contribution < -0.4 is 4.72 Å². The number of hydrogen-bond acceptors (Lipinski definition) is 7. The zero-order chi connectivity index (χ0) is 23.3. The van der Waals surface area contributed by atoms with Crippen LogP contribution in [0, 0.1) is 5.92 Å². The van der Waals surface area contributed by atoms with Crippen LogP contribution in [0.2, 0.25) is 0 Å². The number of fused-ring (bicyclic) bond motifs is 1. The van der Waals surface area contributed by atoms with Crippen LogP contribution in [-0.4, -0.2) is 58.6 Å². The fourth-order valence-electron chi connectivity index (χ4n) is 4.65. The van der Waals surface area contributed by atoms with Gasteiger partial charge in [0.1, 0.15) is 4.21 Å². The van der Waals surface area contributed by atoms with Gasteiger partial charge in [-0.1, -0.05) is 32.1 Å². The van der Waals surface area contributed by atoms with Gasteiger partial charge >= 0.3 is 5.97 Å². The van der Waals surface area contributed by atoms with Crippen molar-refractivity contribution in [1.82, 2.24) is 9.62 Å². The molecule has 0 bridgehead atoms. The van der Waals surface area contributed by atoms with Crippen molar-refractivity contribution in [2.45, 2.75) is 75.1 Å². The van der Waals surface area contributed by atoms with E-state index in [2.05, 4.69) is 4.72 Å². The van der Waals surface area contributed by atoms with Crippen LogP contribution in [0.3, 0.4) is 0 Å². The number of nitrogens with zero attached hydrogens (tertiary/aromatic N) is 1. The molecule has 32 heavy (non-hydrogen) atoms. The molecule has 0 aromatic carbocycles. The first-order valence-corrected chi connectivity index (χ1v) is 13.6. The number of carbonyl (C=O) groups excluding carboxylic acids is 2. The molecule has 180 valence electrons. The third-order valence-electron chi connectivity index (χ3n) is 6.28. The molecule has 0 unspecified atom stereocenters. The maximum atomic E-state index is 13.0. The van der Waals surface area contributed by atoms with Crippen LogP contribution in [0.15, 0.2) is 4.21 Å². The van der Waals surface area contributed by atoms with Crippen LogP contribution >= 0.6 is 11.3 Å². The molecule has 0 radical (unpaired) electrons. The maximum absolute atomic E-state index is 13.0. The van der Waals surface area contributed by atoms with Crippen molar-refractivity contribution < 1.29 is 27.5 Å². The van der Waals surface area contributed by atoms with E-state index in [-0.39, 0.29) is 22.3 Å². The zero-order valence-electron chi connectivity index (χ0n) is 19.1. The molecule has 1 aromatic heterocycles. The minimum Gasteiger partial charge on any atom is -0.465 e. The number of nitrogens with one attached hydrogen (secondary N) is 1. The molecular formula is C22H34N2O6S2. The average molecular weight is 487 g/mol. The Labute approximate surface area is 194 Å². The number of amides is 1. The fourth-order valence-corrected chi connectivity index (χ4v) is 7.80. The summed E-state index contributed by atoms with van der Waals surface area (Å²) in [6, 6.07) is -0.451. The minimum atomic E-state index is -3.94. The third kappa shape index (κ3) is 5.89. The van der Waals surface area contributed by atoms with Gasteiger partial charge in [-0.25, -0.2) is 17.9 Å². The second-order valence-electron chi connectivity index (χ2n) is 8.74. The fraction of sp³-hybridized carbons (Fsp3) is 0.727. The van der Waals surface area contributed by atoms with E-state index in [1.54, 1.807) is 11.8 Å². The van der Waals surface area contributed by atoms with Crippen molar-refractivity contribution in [3.8, 4) is 0 Å². The van der Waals surface area contributed by atoms with Crippen LogP contribution in [0.1, 0.15) is 72.7 Å². The molecule has 2 aliphatic rings. The van der Waals surface area contributed by atoms with Crippen LogP contribution in [0.4, 0.5) is 0 Å². The molecule has 1 amide bonds. The van der Waals surface area contributed by atoms with Crippen molar-refractivity contribution in [1.29, 1.82) is 0 Å². The highest BCUT2D eigenvalue weighted by molar-refractivity contribution is 7.91. The first kappa shape index (κ1) is 25.1. The number of thiophene rings is 1. The van der Waals surface area contributed by atoms with Gasteiger partial charge in [0, 0.05) is 31.0 Å². The molecule has 1 N–H and O–H groups in total. The summed E-state index contributed by atoms with van der Waals surface area (Å²) in [5.74, 6) is 0.0717. The molecule has 1 aliphatic heterocycles. The number of methoxy groups -OCH3 is 2. The summed E-state index contributed by atoms with van der Waals surface area (Å²) in [7, 11) is -1.20. The smallest absolute Gasteiger partial charge is 0.340 e. The van der Waals surface area contributed by atoms with Crippen molar-refractivity contribution in [2.24, 2.45) is 5.92 Å². The molecule has 1 aliphatic carbocycles. The van der Waals surface area contributed by atoms with E-state index < -0.39 is 22.0 Å². The minimum absolute atomic E-state index is 0.0474. The summed E-state index contributed by atoms with van der Waals surface area (Å²) in [5, 5.41) is 0. The van der Waals surface area contributed by atoms with Gasteiger partial charge < -0.3 is 14.4 Å². The molecule has 0 spiro atoms. The van der Waals surface area contributed by atoms with Crippen LogP contribution in [0.25, 0.3) is 0 Å². The van der Waals surface area contributed by atoms with Gasteiger partial charge in [-0.3, -0.25) is 4.79 Å². The van der Waals surface area contributed by atoms with Gasteiger partial charge in [-0.15, -0.1) is 11.3 Å². The summed E-state index contributed by atoms with van der Waals surface area (Å²) in [5.41, 5.74) is 0.775. The standard InChI is InChI=1S/C22H34N2O6S2/c1-15(14-29-2)23-32(27,28)22-20(21(26)30-3)17-11-12-24(13-18(17)31-22)19(25)10-9-16-7-5-4-6-8-16/h15-16,23H,4-14H2,1-3H3/t15-/m1/s1. The van der Waals surface area contributed by atoms with E-state index in [0.717, 1.165) is 22.6 Å². The van der Waals surface area contributed by atoms with Gasteiger partial charge in [0.05, 0.1) is 25.8 Å². The Bertz CT molecular complexity index is 921. The predicted octanol–water partition coefficient (Wildman–Crippen LogP) is 3.09. The van der Waals surface area contributed by atoms with E-state index in [9.17, 15) is 18.0 Å². The Balaban J connectivity index is 1.77. The lowest BCUT2D eigenvalue weighted by atomic mass is 9.86. The Morgan fingerprint density at radius 2 is 1.94 bits per heavy atom. The normalized spacial score (nSPS) is 18.3. The summed E-state index contributed by atoms with van der Waals surface area (Å²) < 4.78 is 38.5. The Morgan fingerprint density at radius 3 is 2.59 bits per heavy atom. The highest BCUT2D eigenvalue weighted by atomic mass is 32.2. The quantitative estimate of drug-likeness (QED) is 0.538. The lowest BCUT2D eigenvalue weighted by Gasteiger charge is -2.28. The van der Waals surface area contributed by atoms with E-state index in [0.29, 0.717) is 37.4 Å². The largest absolute Gasteiger partial charge is 0.465 e. The number of rotatable bonds is 9. The molecule has 2 heterocycles. The summed E-state index contributed by atoms with van der Waals surface area (Å²) in [6.07, 6.45) is 8.11. The van der Waals surface area contributed by atoms with Crippen LogP contribution in [-0.2, 0) is 37.3 Å². The molecule has 1 atom stereocenters. The zero-order valence-corrected chi connectivity index (χ0v) is 20.8. The summed E-state index contributed by atoms with van der Waals surface area (Å²) >= 11 is 1.05. The van der Waals surface area contributed by atoms with Crippen molar-refractivity contribution >= 4 is 33.2 Å². The topological polar surface area (TPSA) is 102 Å². The van der Waals surface area contributed by atoms with Gasteiger partial charge in [-0.2, -0.15) is 0 Å². The number of ether oxygens (including phenoxy) is 2. The molecule has 1 aromatic rings. The maximum Gasteiger partial charge on any atom is 0.340 e. The number of esters is 1. The highest BCUT2D eigenvalue weighted by Crippen LogP contribution is 2.37. The second kappa shape index (κ2) is 11.1. The lowest BCUT2D eigenvalue weighted by Crippen LogP contribution is -2.36. The first-order valence-electron chi connectivity index (χ1n) is 11.3. The summed E-state index contributed by atoms with van der Waals surface area (Å²) in [4.78, 5) is 27.9. The molecule has 0 saturated heterocycles. The van der Waals surface area contributed by atoms with E-state index >= 15 is 0 Å². The Kier molecular flexibility index (Phi) is 8.71. The SMILES string of the molecule is COC[C@@H](C)NS(=O)(=O)c1sc2c(c1C(=O)OC)CCN(C(=O)CCC1CCCCC1)C2.